The van der Waals surface area contributed by atoms with Gasteiger partial charge in [0.1, 0.15) is 0 Å². The molecule has 0 aliphatic carbocycles. The molecule has 66 valence electrons. The molecular weight excluding hydrogens is 145 g/mol. The Bertz CT molecular complexity index is 208. The lowest BCUT2D eigenvalue weighted by Gasteiger charge is -2.19. The Hall–Kier alpha value is -0.755. The van der Waals surface area contributed by atoms with Gasteiger partial charge in [0.25, 0.3) is 0 Å². The standard InChI is InChI=1S/C10H15N.BH3/c1-9(11(2)3)10-7-5-4-6-8-10;/h4-9H,1-3H3;1H3. The molecule has 0 aliphatic heterocycles. The lowest BCUT2D eigenvalue weighted by atomic mass is 10.1. The number of hydrogen-bond acceptors (Lipinski definition) is 1. The number of hydrogen-bond donors (Lipinski definition) is 0. The van der Waals surface area contributed by atoms with Crippen molar-refractivity contribution in [1.29, 1.82) is 0 Å². The van der Waals surface area contributed by atoms with Crippen LogP contribution in [0.3, 0.4) is 0 Å². The van der Waals surface area contributed by atoms with E-state index in [1.54, 1.807) is 0 Å². The van der Waals surface area contributed by atoms with E-state index in [4.69, 9.17) is 0 Å². The van der Waals surface area contributed by atoms with Crippen LogP contribution < -0.4 is 0 Å². The summed E-state index contributed by atoms with van der Waals surface area (Å²) in [4.78, 5) is 2.20. The summed E-state index contributed by atoms with van der Waals surface area (Å²) in [5.74, 6) is 0. The molecule has 2 heteroatoms. The molecule has 0 N–H and O–H groups in total. The normalized spacial score (nSPS) is 12.3. The summed E-state index contributed by atoms with van der Waals surface area (Å²) < 4.78 is 0. The molecule has 0 bridgehead atoms. The first kappa shape index (κ1) is 11.2. The van der Waals surface area contributed by atoms with Gasteiger partial charge in [-0.25, -0.2) is 0 Å². The third-order valence-electron chi connectivity index (χ3n) is 2.06. The first-order valence-corrected chi connectivity index (χ1v) is 3.93. The van der Waals surface area contributed by atoms with E-state index in [0.29, 0.717) is 6.04 Å². The summed E-state index contributed by atoms with van der Waals surface area (Å²) in [5.41, 5.74) is 1.37. The average Bonchev–Trinajstić information content (AvgIpc) is 2.05. The minimum atomic E-state index is 0. The van der Waals surface area contributed by atoms with Gasteiger partial charge >= 0.3 is 0 Å². The molecular formula is C10H18BN. The third kappa shape index (κ3) is 2.70. The molecule has 0 radical (unpaired) electrons. The van der Waals surface area contributed by atoms with E-state index < -0.39 is 0 Å². The van der Waals surface area contributed by atoms with E-state index in [2.05, 4.69) is 50.2 Å². The first-order chi connectivity index (χ1) is 5.22. The minimum absolute atomic E-state index is 0. The molecule has 0 heterocycles. The van der Waals surface area contributed by atoms with Crippen LogP contribution in [0.2, 0.25) is 0 Å². The summed E-state index contributed by atoms with van der Waals surface area (Å²) >= 11 is 0. The Balaban J connectivity index is 0.00000121. The smallest absolute Gasteiger partial charge is 0.0814 e. The molecule has 0 saturated heterocycles. The molecule has 1 rings (SSSR count). The van der Waals surface area contributed by atoms with Crippen molar-refractivity contribution >= 4 is 8.41 Å². The monoisotopic (exact) mass is 163 g/mol. The van der Waals surface area contributed by atoms with E-state index >= 15 is 0 Å². The highest BCUT2D eigenvalue weighted by molar-refractivity contribution is 5.75. The van der Waals surface area contributed by atoms with Crippen LogP contribution in [0.1, 0.15) is 18.5 Å². The van der Waals surface area contributed by atoms with Crippen LogP contribution in [0.25, 0.3) is 0 Å². The van der Waals surface area contributed by atoms with Crippen LogP contribution >= 0.6 is 0 Å². The van der Waals surface area contributed by atoms with Gasteiger partial charge in [0.05, 0.1) is 8.41 Å². The molecule has 12 heavy (non-hydrogen) atoms. The minimum Gasteiger partial charge on any atom is -0.303 e. The first-order valence-electron chi connectivity index (χ1n) is 3.93. The fourth-order valence-corrected chi connectivity index (χ4v) is 1.03. The summed E-state index contributed by atoms with van der Waals surface area (Å²) in [5, 5.41) is 0. The van der Waals surface area contributed by atoms with E-state index in [0.717, 1.165) is 0 Å². The molecule has 0 aliphatic rings. The second kappa shape index (κ2) is 4.99. The van der Waals surface area contributed by atoms with Crippen molar-refractivity contribution in [2.45, 2.75) is 13.0 Å². The second-order valence-electron chi connectivity index (χ2n) is 3.05. The molecule has 0 spiro atoms. The van der Waals surface area contributed by atoms with Crippen LogP contribution in [0.4, 0.5) is 0 Å². The van der Waals surface area contributed by atoms with Gasteiger partial charge in [-0.3, -0.25) is 0 Å². The van der Waals surface area contributed by atoms with Gasteiger partial charge in [-0.05, 0) is 26.6 Å². The molecule has 0 amide bonds. The largest absolute Gasteiger partial charge is 0.303 e. The van der Waals surface area contributed by atoms with Gasteiger partial charge in [0, 0.05) is 6.04 Å². The van der Waals surface area contributed by atoms with Crippen molar-refractivity contribution < 1.29 is 0 Å². The Kier molecular flexibility index (Phi) is 4.68. The SMILES string of the molecule is B.CC(c1ccccc1)N(C)C. The van der Waals surface area contributed by atoms with Crippen LogP contribution in [0.5, 0.6) is 0 Å². The van der Waals surface area contributed by atoms with Gasteiger partial charge in [0.2, 0.25) is 0 Å². The molecule has 0 aromatic heterocycles. The topological polar surface area (TPSA) is 3.24 Å². The van der Waals surface area contributed by atoms with Gasteiger partial charge in [-0.1, -0.05) is 30.3 Å². The van der Waals surface area contributed by atoms with Crippen LogP contribution in [-0.4, -0.2) is 27.4 Å². The van der Waals surface area contributed by atoms with Gasteiger partial charge in [-0.15, -0.1) is 0 Å². The van der Waals surface area contributed by atoms with Crippen LogP contribution in [-0.2, 0) is 0 Å². The highest BCUT2D eigenvalue weighted by Crippen LogP contribution is 2.15. The van der Waals surface area contributed by atoms with Crippen molar-refractivity contribution in [2.24, 2.45) is 0 Å². The Morgan fingerprint density at radius 1 is 1.08 bits per heavy atom. The Morgan fingerprint density at radius 3 is 2.00 bits per heavy atom. The van der Waals surface area contributed by atoms with Crippen molar-refractivity contribution in [2.75, 3.05) is 14.1 Å². The number of benzene rings is 1. The van der Waals surface area contributed by atoms with Crippen LogP contribution in [0, 0.1) is 0 Å². The van der Waals surface area contributed by atoms with E-state index in [1.165, 1.54) is 5.56 Å². The summed E-state index contributed by atoms with van der Waals surface area (Å²) in [6.45, 7) is 2.20. The molecule has 1 unspecified atom stereocenters. The van der Waals surface area contributed by atoms with Crippen molar-refractivity contribution in [3.05, 3.63) is 35.9 Å². The molecule has 1 atom stereocenters. The third-order valence-corrected chi connectivity index (χ3v) is 2.06. The highest BCUT2D eigenvalue weighted by Gasteiger charge is 2.04. The van der Waals surface area contributed by atoms with Crippen molar-refractivity contribution in [1.82, 2.24) is 4.90 Å². The molecule has 1 nitrogen and oxygen atoms in total. The fraction of sp³-hybridized carbons (Fsp3) is 0.400. The van der Waals surface area contributed by atoms with Crippen molar-refractivity contribution in [3.63, 3.8) is 0 Å². The lowest BCUT2D eigenvalue weighted by molar-refractivity contribution is 0.321. The van der Waals surface area contributed by atoms with Gasteiger partial charge in [0.15, 0.2) is 0 Å². The second-order valence-corrected chi connectivity index (χ2v) is 3.05. The lowest BCUT2D eigenvalue weighted by Crippen LogP contribution is -2.16. The predicted molar refractivity (Wildman–Crippen MR) is 58.5 cm³/mol. The zero-order valence-electron chi connectivity index (χ0n) is 7.41. The number of rotatable bonds is 2. The van der Waals surface area contributed by atoms with E-state index in [-0.39, 0.29) is 8.41 Å². The summed E-state index contributed by atoms with van der Waals surface area (Å²) in [7, 11) is 4.19. The fourth-order valence-electron chi connectivity index (χ4n) is 1.03. The van der Waals surface area contributed by atoms with E-state index in [1.807, 2.05) is 6.07 Å². The van der Waals surface area contributed by atoms with Gasteiger partial charge in [-0.2, -0.15) is 0 Å². The maximum Gasteiger partial charge on any atom is 0.0814 e. The molecule has 1 aromatic carbocycles. The van der Waals surface area contributed by atoms with E-state index in [9.17, 15) is 0 Å². The maximum absolute atomic E-state index is 2.20. The van der Waals surface area contributed by atoms with Gasteiger partial charge < -0.3 is 4.90 Å². The quantitative estimate of drug-likeness (QED) is 0.590. The van der Waals surface area contributed by atoms with Crippen LogP contribution in [0.15, 0.2) is 30.3 Å². The zero-order chi connectivity index (χ0) is 8.27. The number of nitrogens with zero attached hydrogens (tertiary/aromatic N) is 1. The molecule has 0 saturated carbocycles. The molecule has 0 fully saturated rings. The highest BCUT2D eigenvalue weighted by atomic mass is 15.1. The maximum atomic E-state index is 2.20. The average molecular weight is 163 g/mol. The summed E-state index contributed by atoms with van der Waals surface area (Å²) in [6.07, 6.45) is 0. The summed E-state index contributed by atoms with van der Waals surface area (Å²) in [6, 6.07) is 11.0. The Morgan fingerprint density at radius 2 is 1.58 bits per heavy atom. The Labute approximate surface area is 77.0 Å². The predicted octanol–water partition coefficient (Wildman–Crippen LogP) is 1.13. The van der Waals surface area contributed by atoms with Crippen molar-refractivity contribution in [3.8, 4) is 0 Å². The molecule has 1 aromatic rings. The zero-order valence-corrected chi connectivity index (χ0v) is 7.41.